The maximum absolute atomic E-state index is 6.30. The Kier molecular flexibility index (Phi) is 3.13. The minimum absolute atomic E-state index is 0.00153. The van der Waals surface area contributed by atoms with Gasteiger partial charge in [-0.25, -0.2) is 0 Å². The second-order valence-corrected chi connectivity index (χ2v) is 7.03. The first-order valence-electron chi connectivity index (χ1n) is 6.00. The van der Waals surface area contributed by atoms with Gasteiger partial charge in [-0.15, -0.1) is 0 Å². The van der Waals surface area contributed by atoms with Crippen molar-refractivity contribution in [2.75, 3.05) is 11.5 Å². The van der Waals surface area contributed by atoms with Crippen LogP contribution in [0.5, 0.6) is 5.75 Å². The molecule has 1 spiro atoms. The zero-order valence-electron chi connectivity index (χ0n) is 9.62. The third kappa shape index (κ3) is 2.23. The van der Waals surface area contributed by atoms with Gasteiger partial charge < -0.3 is 10.5 Å². The van der Waals surface area contributed by atoms with E-state index in [-0.39, 0.29) is 11.6 Å². The van der Waals surface area contributed by atoms with Crippen molar-refractivity contribution in [2.45, 2.75) is 30.9 Å². The number of ether oxygens (including phenoxy) is 1. The van der Waals surface area contributed by atoms with E-state index < -0.39 is 0 Å². The van der Waals surface area contributed by atoms with Gasteiger partial charge in [0.15, 0.2) is 0 Å². The molecule has 0 aromatic heterocycles. The number of nitrogens with two attached hydrogens (primary N) is 1. The summed E-state index contributed by atoms with van der Waals surface area (Å²) in [7, 11) is 0. The van der Waals surface area contributed by atoms with Gasteiger partial charge in [0.2, 0.25) is 0 Å². The van der Waals surface area contributed by atoms with Gasteiger partial charge in [-0.3, -0.25) is 0 Å². The summed E-state index contributed by atoms with van der Waals surface area (Å²) in [6.45, 7) is 0. The zero-order valence-corrected chi connectivity index (χ0v) is 12.0. The van der Waals surface area contributed by atoms with Crippen LogP contribution in [0.3, 0.4) is 0 Å². The van der Waals surface area contributed by atoms with E-state index in [0.717, 1.165) is 35.0 Å². The molecule has 4 heteroatoms. The molecule has 1 aromatic carbocycles. The van der Waals surface area contributed by atoms with E-state index in [1.165, 1.54) is 11.5 Å². The molecule has 0 amide bonds. The molecule has 17 heavy (non-hydrogen) atoms. The predicted octanol–water partition coefficient (Wildman–Crippen LogP) is 3.50. The van der Waals surface area contributed by atoms with Gasteiger partial charge in [0, 0.05) is 22.5 Å². The fourth-order valence-electron chi connectivity index (χ4n) is 2.74. The first-order valence-corrected chi connectivity index (χ1v) is 7.95. The van der Waals surface area contributed by atoms with Crippen molar-refractivity contribution in [1.29, 1.82) is 0 Å². The van der Waals surface area contributed by atoms with Gasteiger partial charge in [-0.2, -0.15) is 11.8 Å². The van der Waals surface area contributed by atoms with E-state index >= 15 is 0 Å². The molecular weight excluding hydrogens is 298 g/mol. The number of fused-ring (bicyclic) bond motifs is 1. The minimum atomic E-state index is -0.00153. The van der Waals surface area contributed by atoms with Crippen LogP contribution < -0.4 is 10.5 Å². The van der Waals surface area contributed by atoms with Crippen molar-refractivity contribution in [1.82, 2.24) is 0 Å². The smallest absolute Gasteiger partial charge is 0.126 e. The van der Waals surface area contributed by atoms with Crippen LogP contribution >= 0.6 is 27.7 Å². The van der Waals surface area contributed by atoms with Gasteiger partial charge in [-0.05, 0) is 36.5 Å². The van der Waals surface area contributed by atoms with Crippen LogP contribution in [0.4, 0.5) is 0 Å². The second-order valence-electron chi connectivity index (χ2n) is 4.89. The summed E-state index contributed by atoms with van der Waals surface area (Å²) in [4.78, 5) is 0. The lowest BCUT2D eigenvalue weighted by molar-refractivity contribution is 0.0279. The zero-order chi connectivity index (χ0) is 11.9. The van der Waals surface area contributed by atoms with E-state index in [1.54, 1.807) is 0 Å². The second kappa shape index (κ2) is 4.48. The first-order chi connectivity index (χ1) is 8.19. The number of hydrogen-bond donors (Lipinski definition) is 1. The number of thioether (sulfide) groups is 1. The highest BCUT2D eigenvalue weighted by Gasteiger charge is 2.40. The van der Waals surface area contributed by atoms with Crippen molar-refractivity contribution in [2.24, 2.45) is 5.73 Å². The molecule has 2 N–H and O–H groups in total. The molecule has 2 aliphatic heterocycles. The van der Waals surface area contributed by atoms with Crippen molar-refractivity contribution in [3.63, 3.8) is 0 Å². The van der Waals surface area contributed by atoms with Gasteiger partial charge in [0.1, 0.15) is 11.4 Å². The highest BCUT2D eigenvalue weighted by molar-refractivity contribution is 9.10. The van der Waals surface area contributed by atoms with Crippen molar-refractivity contribution < 1.29 is 4.74 Å². The van der Waals surface area contributed by atoms with Crippen LogP contribution in [0.25, 0.3) is 0 Å². The molecule has 2 aliphatic rings. The molecule has 0 saturated carbocycles. The summed E-state index contributed by atoms with van der Waals surface area (Å²) >= 11 is 5.52. The maximum atomic E-state index is 6.30. The molecular formula is C13H16BrNOS. The topological polar surface area (TPSA) is 35.2 Å². The van der Waals surface area contributed by atoms with Crippen LogP contribution in [0.1, 0.15) is 30.9 Å². The summed E-state index contributed by atoms with van der Waals surface area (Å²) in [6, 6.07) is 6.29. The molecule has 0 bridgehead atoms. The summed E-state index contributed by atoms with van der Waals surface area (Å²) in [5, 5.41) is 0. The third-order valence-corrected chi connectivity index (χ3v) is 5.18. The highest BCUT2D eigenvalue weighted by Crippen LogP contribution is 2.45. The first kappa shape index (κ1) is 11.9. The molecule has 0 unspecified atom stereocenters. The molecule has 0 radical (unpaired) electrons. The third-order valence-electron chi connectivity index (χ3n) is 3.70. The Labute approximate surface area is 114 Å². The molecule has 1 fully saturated rings. The standard InChI is InChI=1S/C13H16BrNOS/c14-9-1-2-10-11(15)8-13(16-12(10)7-9)3-5-17-6-4-13/h1-2,7,11H,3-6,8,15H2/t11-/m1/s1. The van der Waals surface area contributed by atoms with Crippen LogP contribution in [0.15, 0.2) is 22.7 Å². The van der Waals surface area contributed by atoms with Gasteiger partial charge in [-0.1, -0.05) is 22.0 Å². The molecule has 92 valence electrons. The van der Waals surface area contributed by atoms with Crippen molar-refractivity contribution >= 4 is 27.7 Å². The molecule has 1 atom stereocenters. The molecule has 1 aromatic rings. The number of hydrogen-bond acceptors (Lipinski definition) is 3. The Balaban J connectivity index is 1.95. The lowest BCUT2D eigenvalue weighted by Gasteiger charge is -2.43. The Morgan fingerprint density at radius 2 is 2.12 bits per heavy atom. The molecule has 3 rings (SSSR count). The SMILES string of the molecule is N[C@@H]1CC2(CCSCC2)Oc2cc(Br)ccc21. The maximum Gasteiger partial charge on any atom is 0.126 e. The fourth-order valence-corrected chi connectivity index (χ4v) is 4.32. The largest absolute Gasteiger partial charge is 0.487 e. The summed E-state index contributed by atoms with van der Waals surface area (Å²) in [6.07, 6.45) is 3.21. The Morgan fingerprint density at radius 3 is 2.88 bits per heavy atom. The average molecular weight is 314 g/mol. The monoisotopic (exact) mass is 313 g/mol. The Bertz CT molecular complexity index is 431. The molecule has 0 aliphatic carbocycles. The van der Waals surface area contributed by atoms with Gasteiger partial charge >= 0.3 is 0 Å². The van der Waals surface area contributed by atoms with Crippen LogP contribution in [-0.2, 0) is 0 Å². The Morgan fingerprint density at radius 1 is 1.35 bits per heavy atom. The lowest BCUT2D eigenvalue weighted by atomic mass is 9.83. The van der Waals surface area contributed by atoms with Gasteiger partial charge in [0.25, 0.3) is 0 Å². The summed E-state index contributed by atoms with van der Waals surface area (Å²) < 4.78 is 7.35. The highest BCUT2D eigenvalue weighted by atomic mass is 79.9. The molecule has 2 heterocycles. The fraction of sp³-hybridized carbons (Fsp3) is 0.538. The minimum Gasteiger partial charge on any atom is -0.487 e. The average Bonchev–Trinajstić information content (AvgIpc) is 2.29. The van der Waals surface area contributed by atoms with E-state index in [2.05, 4.69) is 28.1 Å². The van der Waals surface area contributed by atoms with Crippen molar-refractivity contribution in [3.05, 3.63) is 28.2 Å². The summed E-state index contributed by atoms with van der Waals surface area (Å²) in [5.41, 5.74) is 7.45. The molecule has 2 nitrogen and oxygen atoms in total. The van der Waals surface area contributed by atoms with E-state index in [9.17, 15) is 0 Å². The lowest BCUT2D eigenvalue weighted by Crippen LogP contribution is -2.45. The molecule has 1 saturated heterocycles. The number of halogens is 1. The Hall–Kier alpha value is -0.190. The van der Waals surface area contributed by atoms with Crippen molar-refractivity contribution in [3.8, 4) is 5.75 Å². The van der Waals surface area contributed by atoms with Crippen LogP contribution in [0, 0.1) is 0 Å². The normalized spacial score (nSPS) is 26.4. The van der Waals surface area contributed by atoms with E-state index in [0.29, 0.717) is 0 Å². The quantitative estimate of drug-likeness (QED) is 0.796. The van der Waals surface area contributed by atoms with E-state index in [4.69, 9.17) is 10.5 Å². The van der Waals surface area contributed by atoms with Crippen LogP contribution in [-0.4, -0.2) is 17.1 Å². The predicted molar refractivity (Wildman–Crippen MR) is 75.6 cm³/mol. The van der Waals surface area contributed by atoms with Gasteiger partial charge in [0.05, 0.1) is 0 Å². The van der Waals surface area contributed by atoms with Crippen LogP contribution in [0.2, 0.25) is 0 Å². The number of rotatable bonds is 0. The summed E-state index contributed by atoms with van der Waals surface area (Å²) in [5.74, 6) is 3.36. The number of benzene rings is 1. The van der Waals surface area contributed by atoms with E-state index in [1.807, 2.05) is 17.8 Å².